The number of urea groups is 1. The van der Waals surface area contributed by atoms with Crippen LogP contribution in [0.4, 0.5) is 4.79 Å². The lowest BCUT2D eigenvalue weighted by Gasteiger charge is -2.31. The summed E-state index contributed by atoms with van der Waals surface area (Å²) < 4.78 is 0.139. The van der Waals surface area contributed by atoms with Gasteiger partial charge in [0.2, 0.25) is 0 Å². The quantitative estimate of drug-likeness (QED) is 0.758. The van der Waals surface area contributed by atoms with E-state index in [2.05, 4.69) is 11.6 Å². The van der Waals surface area contributed by atoms with Gasteiger partial charge in [-0.1, -0.05) is 19.8 Å². The molecule has 20 heavy (non-hydrogen) atoms. The van der Waals surface area contributed by atoms with E-state index in [0.29, 0.717) is 6.54 Å². The van der Waals surface area contributed by atoms with Gasteiger partial charge in [0.05, 0.1) is 0 Å². The van der Waals surface area contributed by atoms with E-state index in [0.717, 1.165) is 19.3 Å². The minimum atomic E-state index is -0.971. The first-order chi connectivity index (χ1) is 9.44. The Hall–Kier alpha value is -0.910. The molecule has 116 valence electrons. The predicted molar refractivity (Wildman–Crippen MR) is 82.2 cm³/mol. The maximum Gasteiger partial charge on any atom is 0.323 e. The molecule has 6 heteroatoms. The Balaban J connectivity index is 2.59. The molecule has 0 aromatic carbocycles. The number of nitrogens with zero attached hydrogens (tertiary/aromatic N) is 1. The van der Waals surface area contributed by atoms with E-state index in [1.807, 2.05) is 25.6 Å². The van der Waals surface area contributed by atoms with Gasteiger partial charge in [-0.25, -0.2) is 4.79 Å². The third-order valence-electron chi connectivity index (χ3n) is 4.20. The second-order valence-electron chi connectivity index (χ2n) is 5.53. The first-order valence-corrected chi connectivity index (χ1v) is 8.48. The Morgan fingerprint density at radius 2 is 2.00 bits per heavy atom. The molecule has 1 aliphatic carbocycles. The highest BCUT2D eigenvalue weighted by molar-refractivity contribution is 8.00. The monoisotopic (exact) mass is 302 g/mol. The molecule has 1 atom stereocenters. The highest BCUT2D eigenvalue weighted by atomic mass is 32.2. The molecule has 2 amide bonds. The number of hydrogen-bond acceptors (Lipinski definition) is 3. The Morgan fingerprint density at radius 3 is 2.45 bits per heavy atom. The van der Waals surface area contributed by atoms with Crippen molar-refractivity contribution in [1.82, 2.24) is 10.2 Å². The number of amides is 2. The molecule has 0 aromatic rings. The van der Waals surface area contributed by atoms with Crippen LogP contribution in [0.2, 0.25) is 0 Å². The average Bonchev–Trinajstić information content (AvgIpc) is 2.90. The van der Waals surface area contributed by atoms with E-state index in [9.17, 15) is 9.59 Å². The fourth-order valence-electron chi connectivity index (χ4n) is 2.60. The summed E-state index contributed by atoms with van der Waals surface area (Å²) in [6, 6.07) is -0.331. The van der Waals surface area contributed by atoms with Crippen LogP contribution in [0.3, 0.4) is 0 Å². The molecule has 0 radical (unpaired) electrons. The van der Waals surface area contributed by atoms with Gasteiger partial charge in [-0.15, -0.1) is 0 Å². The van der Waals surface area contributed by atoms with Crippen molar-refractivity contribution in [3.8, 4) is 0 Å². The van der Waals surface area contributed by atoms with Crippen LogP contribution in [0.15, 0.2) is 0 Å². The maximum absolute atomic E-state index is 12.2. The van der Waals surface area contributed by atoms with Gasteiger partial charge >= 0.3 is 12.0 Å². The molecule has 1 unspecified atom stereocenters. The summed E-state index contributed by atoms with van der Waals surface area (Å²) in [4.78, 5) is 24.5. The average molecular weight is 302 g/mol. The predicted octanol–water partition coefficient (Wildman–Crippen LogP) is 2.56. The van der Waals surface area contributed by atoms with Crippen LogP contribution < -0.4 is 5.32 Å². The van der Waals surface area contributed by atoms with Crippen molar-refractivity contribution in [2.45, 2.75) is 56.7 Å². The minimum Gasteiger partial charge on any atom is -0.480 e. The van der Waals surface area contributed by atoms with Crippen molar-refractivity contribution in [2.75, 3.05) is 19.3 Å². The molecular weight excluding hydrogens is 276 g/mol. The molecular formula is C14H26N2O3S. The second-order valence-corrected chi connectivity index (χ2v) is 6.81. The van der Waals surface area contributed by atoms with E-state index >= 15 is 0 Å². The van der Waals surface area contributed by atoms with Crippen molar-refractivity contribution in [3.05, 3.63) is 0 Å². The highest BCUT2D eigenvalue weighted by Crippen LogP contribution is 2.39. The molecule has 2 N–H and O–H groups in total. The maximum atomic E-state index is 12.2. The minimum absolute atomic E-state index is 0.0695. The smallest absolute Gasteiger partial charge is 0.323 e. The summed E-state index contributed by atoms with van der Waals surface area (Å²) in [5, 5.41) is 11.9. The number of thioether (sulfide) groups is 1. The number of carboxylic acids is 1. The van der Waals surface area contributed by atoms with Crippen molar-refractivity contribution >= 4 is 23.8 Å². The van der Waals surface area contributed by atoms with E-state index in [1.165, 1.54) is 17.7 Å². The highest BCUT2D eigenvalue weighted by Gasteiger charge is 2.34. The summed E-state index contributed by atoms with van der Waals surface area (Å²) >= 11 is 1.81. The fraction of sp³-hybridized carbons (Fsp3) is 0.857. The van der Waals surface area contributed by atoms with Crippen LogP contribution in [-0.4, -0.2) is 52.1 Å². The van der Waals surface area contributed by atoms with Crippen LogP contribution in [0, 0.1) is 0 Å². The van der Waals surface area contributed by atoms with Gasteiger partial charge in [0.15, 0.2) is 0 Å². The van der Waals surface area contributed by atoms with Gasteiger partial charge < -0.3 is 15.3 Å². The third-order valence-corrected chi connectivity index (χ3v) is 5.62. The largest absolute Gasteiger partial charge is 0.480 e. The first kappa shape index (κ1) is 17.1. The summed E-state index contributed by atoms with van der Waals surface area (Å²) in [5.41, 5.74) is 0. The topological polar surface area (TPSA) is 69.6 Å². The number of aliphatic carboxylic acids is 1. The van der Waals surface area contributed by atoms with Crippen LogP contribution in [-0.2, 0) is 4.79 Å². The SMILES string of the molecule is CCC(C)N(CC(=O)O)C(=O)NCC1(SC)CCCC1. The summed E-state index contributed by atoms with van der Waals surface area (Å²) in [7, 11) is 0. The molecule has 0 aromatic heterocycles. The lowest BCUT2D eigenvalue weighted by molar-refractivity contribution is -0.138. The van der Waals surface area contributed by atoms with Crippen LogP contribution in [0.5, 0.6) is 0 Å². The normalized spacial score (nSPS) is 18.6. The second kappa shape index (κ2) is 7.76. The van der Waals surface area contributed by atoms with E-state index in [4.69, 9.17) is 5.11 Å². The van der Waals surface area contributed by atoms with Crippen molar-refractivity contribution < 1.29 is 14.7 Å². The lowest BCUT2D eigenvalue weighted by Crippen LogP contribution is -2.50. The van der Waals surface area contributed by atoms with Gasteiger partial charge in [0.25, 0.3) is 0 Å². The van der Waals surface area contributed by atoms with Crippen molar-refractivity contribution in [1.29, 1.82) is 0 Å². The van der Waals surface area contributed by atoms with Crippen LogP contribution >= 0.6 is 11.8 Å². The number of carbonyl (C=O) groups is 2. The van der Waals surface area contributed by atoms with Crippen molar-refractivity contribution in [2.24, 2.45) is 0 Å². The Morgan fingerprint density at radius 1 is 1.40 bits per heavy atom. The standard InChI is InChI=1S/C14H26N2O3S/c1-4-11(2)16(9-12(17)18)13(19)15-10-14(20-3)7-5-6-8-14/h11H,4-10H2,1-3H3,(H,15,19)(H,17,18). The Labute approximate surface area is 125 Å². The molecule has 0 saturated heterocycles. The zero-order valence-electron chi connectivity index (χ0n) is 12.6. The van der Waals surface area contributed by atoms with E-state index in [1.54, 1.807) is 0 Å². The molecule has 0 spiro atoms. The lowest BCUT2D eigenvalue weighted by atomic mass is 10.1. The summed E-state index contributed by atoms with van der Waals surface area (Å²) in [6.45, 7) is 4.21. The molecule has 1 rings (SSSR count). The molecule has 5 nitrogen and oxygen atoms in total. The fourth-order valence-corrected chi connectivity index (χ4v) is 3.52. The number of carboxylic acid groups (broad SMARTS) is 1. The number of rotatable bonds is 7. The first-order valence-electron chi connectivity index (χ1n) is 7.25. The number of hydrogen-bond donors (Lipinski definition) is 2. The van der Waals surface area contributed by atoms with E-state index in [-0.39, 0.29) is 23.4 Å². The number of nitrogens with one attached hydrogen (secondary N) is 1. The molecule has 0 bridgehead atoms. The Kier molecular flexibility index (Phi) is 6.65. The zero-order chi connectivity index (χ0) is 15.2. The van der Waals surface area contributed by atoms with Crippen LogP contribution in [0.1, 0.15) is 46.0 Å². The van der Waals surface area contributed by atoms with Gasteiger partial charge in [-0.2, -0.15) is 11.8 Å². The van der Waals surface area contributed by atoms with Gasteiger partial charge in [0.1, 0.15) is 6.54 Å². The van der Waals surface area contributed by atoms with Crippen molar-refractivity contribution in [3.63, 3.8) is 0 Å². The van der Waals surface area contributed by atoms with Gasteiger partial charge in [0, 0.05) is 17.3 Å². The third kappa shape index (κ3) is 4.58. The molecule has 0 aliphatic heterocycles. The summed E-state index contributed by atoms with van der Waals surface area (Å²) in [5.74, 6) is -0.971. The number of carbonyl (C=O) groups excluding carboxylic acids is 1. The zero-order valence-corrected chi connectivity index (χ0v) is 13.5. The molecule has 1 aliphatic rings. The summed E-state index contributed by atoms with van der Waals surface area (Å²) in [6.07, 6.45) is 7.49. The molecule has 1 fully saturated rings. The van der Waals surface area contributed by atoms with Gasteiger partial charge in [-0.05, 0) is 32.4 Å². The van der Waals surface area contributed by atoms with Gasteiger partial charge in [-0.3, -0.25) is 4.79 Å². The van der Waals surface area contributed by atoms with E-state index < -0.39 is 5.97 Å². The van der Waals surface area contributed by atoms with Crippen LogP contribution in [0.25, 0.3) is 0 Å². The molecule has 1 saturated carbocycles. The molecule has 0 heterocycles. The Bertz CT molecular complexity index is 343.